The Labute approximate surface area is 96.7 Å². The quantitative estimate of drug-likeness (QED) is 0.654. The minimum absolute atomic E-state index is 0.185. The van der Waals surface area contributed by atoms with E-state index in [0.717, 1.165) is 0 Å². The summed E-state index contributed by atoms with van der Waals surface area (Å²) in [6, 6.07) is 0. The van der Waals surface area contributed by atoms with Crippen LogP contribution in [0, 0.1) is 5.41 Å². The fraction of sp³-hybridized carbons (Fsp3) is 0.900. The van der Waals surface area contributed by atoms with Gasteiger partial charge >= 0.3 is 5.97 Å². The molecule has 1 rings (SSSR count). The van der Waals surface area contributed by atoms with Crippen molar-refractivity contribution in [3.05, 3.63) is 0 Å². The molecule has 0 unspecified atom stereocenters. The third-order valence-electron chi connectivity index (χ3n) is 2.79. The average Bonchev–Trinajstić information content (AvgIpc) is 2.20. The molecule has 0 saturated carbocycles. The summed E-state index contributed by atoms with van der Waals surface area (Å²) in [5, 5.41) is 0. The van der Waals surface area contributed by atoms with Gasteiger partial charge in [-0.05, 0) is 13.8 Å². The Hall–Kier alpha value is -0.620. The van der Waals surface area contributed by atoms with Crippen LogP contribution in [0.3, 0.4) is 0 Å². The molecule has 0 amide bonds. The van der Waals surface area contributed by atoms with Gasteiger partial charge in [0, 0.05) is 19.6 Å². The van der Waals surface area contributed by atoms with Crippen LogP contribution in [0.1, 0.15) is 13.8 Å². The Morgan fingerprint density at radius 2 is 1.81 bits per heavy atom. The second kappa shape index (κ2) is 4.71. The maximum Gasteiger partial charge on any atom is 0.312 e. The van der Waals surface area contributed by atoms with E-state index in [1.54, 1.807) is 0 Å². The van der Waals surface area contributed by atoms with Crippen LogP contribution in [0.25, 0.3) is 0 Å². The summed E-state index contributed by atoms with van der Waals surface area (Å²) in [5.74, 6) is 0.107. The van der Waals surface area contributed by atoms with Crippen molar-refractivity contribution in [2.45, 2.75) is 13.8 Å². The molecule has 1 aliphatic heterocycles. The topological polar surface area (TPSA) is 63.7 Å². The van der Waals surface area contributed by atoms with E-state index >= 15 is 0 Å². The average molecular weight is 249 g/mol. The second-order valence-corrected chi connectivity index (χ2v) is 7.11. The Bertz CT molecular complexity index is 347. The smallest absolute Gasteiger partial charge is 0.312 e. The van der Waals surface area contributed by atoms with Crippen molar-refractivity contribution < 1.29 is 17.9 Å². The molecule has 0 aliphatic carbocycles. The number of carbonyl (C=O) groups excluding carboxylic acids is 1. The number of carbonyl (C=O) groups is 1. The molecule has 0 spiro atoms. The normalized spacial score (nSPS) is 21.7. The van der Waals surface area contributed by atoms with Crippen LogP contribution in [0.15, 0.2) is 0 Å². The maximum absolute atomic E-state index is 11.5. The number of sulfone groups is 1. The van der Waals surface area contributed by atoms with Gasteiger partial charge in [0.15, 0.2) is 9.84 Å². The summed E-state index contributed by atoms with van der Waals surface area (Å²) in [5.41, 5.74) is -0.587. The molecule has 0 aromatic heterocycles. The van der Waals surface area contributed by atoms with Crippen LogP contribution in [0.5, 0.6) is 0 Å². The molecule has 16 heavy (non-hydrogen) atoms. The van der Waals surface area contributed by atoms with Gasteiger partial charge < -0.3 is 9.64 Å². The summed E-state index contributed by atoms with van der Waals surface area (Å²) in [4.78, 5) is 13.5. The number of hydrogen-bond acceptors (Lipinski definition) is 5. The van der Waals surface area contributed by atoms with Gasteiger partial charge in [-0.1, -0.05) is 0 Å². The molecule has 0 atom stereocenters. The molecule has 0 bridgehead atoms. The Morgan fingerprint density at radius 1 is 1.31 bits per heavy atom. The number of rotatable bonds is 3. The zero-order valence-electron chi connectivity index (χ0n) is 10.0. The van der Waals surface area contributed by atoms with Crippen LogP contribution < -0.4 is 0 Å². The van der Waals surface area contributed by atoms with Crippen LogP contribution in [-0.2, 0) is 19.4 Å². The molecular weight excluding hydrogens is 230 g/mol. The van der Waals surface area contributed by atoms with Gasteiger partial charge in [0.25, 0.3) is 0 Å². The summed E-state index contributed by atoms with van der Waals surface area (Å²) in [6.45, 7) is 5.16. The van der Waals surface area contributed by atoms with Crippen LogP contribution in [-0.4, -0.2) is 57.5 Å². The zero-order valence-corrected chi connectivity index (χ0v) is 10.8. The van der Waals surface area contributed by atoms with Gasteiger partial charge in [0.05, 0.1) is 24.0 Å². The fourth-order valence-corrected chi connectivity index (χ4v) is 3.09. The van der Waals surface area contributed by atoms with E-state index in [1.807, 2.05) is 18.7 Å². The third-order valence-corrected chi connectivity index (χ3v) is 4.40. The summed E-state index contributed by atoms with van der Waals surface area (Å²) < 4.78 is 27.2. The Balaban J connectivity index is 2.54. The van der Waals surface area contributed by atoms with Crippen molar-refractivity contribution in [2.24, 2.45) is 5.41 Å². The van der Waals surface area contributed by atoms with Crippen molar-refractivity contribution >= 4 is 15.8 Å². The lowest BCUT2D eigenvalue weighted by atomic mass is 9.93. The molecule has 0 radical (unpaired) electrons. The van der Waals surface area contributed by atoms with Crippen LogP contribution >= 0.6 is 0 Å². The van der Waals surface area contributed by atoms with Crippen LogP contribution in [0.4, 0.5) is 0 Å². The number of ether oxygens (including phenoxy) is 1. The molecular formula is C10H19NO4S. The summed E-state index contributed by atoms with van der Waals surface area (Å²) >= 11 is 0. The Morgan fingerprint density at radius 3 is 2.25 bits per heavy atom. The van der Waals surface area contributed by atoms with E-state index in [2.05, 4.69) is 0 Å². The van der Waals surface area contributed by atoms with Crippen molar-refractivity contribution in [1.29, 1.82) is 0 Å². The molecule has 1 saturated heterocycles. The van der Waals surface area contributed by atoms with Crippen LogP contribution in [0.2, 0.25) is 0 Å². The monoisotopic (exact) mass is 249 g/mol. The van der Waals surface area contributed by atoms with Gasteiger partial charge in [-0.15, -0.1) is 0 Å². The predicted molar refractivity (Wildman–Crippen MR) is 60.9 cm³/mol. The van der Waals surface area contributed by atoms with Crippen molar-refractivity contribution in [2.75, 3.05) is 38.2 Å². The first kappa shape index (κ1) is 13.4. The fourth-order valence-electron chi connectivity index (χ4n) is 1.81. The van der Waals surface area contributed by atoms with Gasteiger partial charge in [0.1, 0.15) is 0 Å². The van der Waals surface area contributed by atoms with Gasteiger partial charge in [-0.3, -0.25) is 4.79 Å². The first-order chi connectivity index (χ1) is 7.27. The van der Waals surface area contributed by atoms with Gasteiger partial charge in [0.2, 0.25) is 0 Å². The van der Waals surface area contributed by atoms with E-state index in [1.165, 1.54) is 7.11 Å². The highest BCUT2D eigenvalue weighted by Gasteiger charge is 2.33. The lowest BCUT2D eigenvalue weighted by molar-refractivity contribution is -0.151. The van der Waals surface area contributed by atoms with Crippen molar-refractivity contribution in [1.82, 2.24) is 4.90 Å². The first-order valence-corrected chi connectivity index (χ1v) is 7.10. The second-order valence-electron chi connectivity index (χ2n) is 4.80. The lowest BCUT2D eigenvalue weighted by Gasteiger charge is -2.32. The highest BCUT2D eigenvalue weighted by Crippen LogP contribution is 2.20. The van der Waals surface area contributed by atoms with E-state index in [9.17, 15) is 13.2 Å². The first-order valence-electron chi connectivity index (χ1n) is 5.28. The van der Waals surface area contributed by atoms with Gasteiger partial charge in [-0.2, -0.15) is 0 Å². The van der Waals surface area contributed by atoms with E-state index in [4.69, 9.17) is 4.74 Å². The zero-order chi connectivity index (χ0) is 12.4. The number of methoxy groups -OCH3 is 1. The number of nitrogens with zero attached hydrogens (tertiary/aromatic N) is 1. The van der Waals surface area contributed by atoms with Crippen molar-refractivity contribution in [3.8, 4) is 0 Å². The minimum Gasteiger partial charge on any atom is -0.469 e. The van der Waals surface area contributed by atoms with E-state index in [0.29, 0.717) is 19.6 Å². The molecule has 5 nitrogen and oxygen atoms in total. The minimum atomic E-state index is -2.85. The molecule has 1 fully saturated rings. The molecule has 0 aromatic rings. The molecule has 1 aliphatic rings. The predicted octanol–water partition coefficient (Wildman–Crippen LogP) is -0.0840. The third kappa shape index (κ3) is 3.45. The molecule has 1 heterocycles. The lowest BCUT2D eigenvalue weighted by Crippen LogP contribution is -2.46. The largest absolute Gasteiger partial charge is 0.469 e. The SMILES string of the molecule is COC(=O)C(C)(C)CN1CCS(=O)(=O)CC1. The summed E-state index contributed by atoms with van der Waals surface area (Å²) in [7, 11) is -1.49. The summed E-state index contributed by atoms with van der Waals surface area (Å²) in [6.07, 6.45) is 0. The highest BCUT2D eigenvalue weighted by molar-refractivity contribution is 7.91. The molecule has 0 aromatic carbocycles. The van der Waals surface area contributed by atoms with Crippen molar-refractivity contribution in [3.63, 3.8) is 0 Å². The molecule has 0 N–H and O–H groups in total. The van der Waals surface area contributed by atoms with E-state index < -0.39 is 15.3 Å². The number of hydrogen-bond donors (Lipinski definition) is 0. The standard InChI is InChI=1S/C10H19NO4S/c1-10(2,9(12)15-3)8-11-4-6-16(13,14)7-5-11/h4-8H2,1-3H3. The molecule has 6 heteroatoms. The molecule has 94 valence electrons. The number of esters is 1. The Kier molecular flexibility index (Phi) is 3.96. The highest BCUT2D eigenvalue weighted by atomic mass is 32.2. The van der Waals surface area contributed by atoms with E-state index in [-0.39, 0.29) is 17.5 Å². The van der Waals surface area contributed by atoms with Gasteiger partial charge in [-0.25, -0.2) is 8.42 Å². The maximum atomic E-state index is 11.5.